The van der Waals surface area contributed by atoms with E-state index in [1.807, 2.05) is 0 Å². The van der Waals surface area contributed by atoms with Crippen LogP contribution >= 0.6 is 0 Å². The number of ether oxygens (including phenoxy) is 2. The Hall–Kier alpha value is 2.18. The molecular weight excluding hydrogens is 940 g/mol. The first kappa shape index (κ1) is 37.2. The van der Waals surface area contributed by atoms with Crippen LogP contribution in [0.2, 0.25) is 22.2 Å². The predicted octanol–water partition coefficient (Wildman–Crippen LogP) is 2.13. The summed E-state index contributed by atoms with van der Waals surface area (Å²) in [5.74, 6) is 0. The van der Waals surface area contributed by atoms with Crippen molar-refractivity contribution < 1.29 is 105 Å². The summed E-state index contributed by atoms with van der Waals surface area (Å²) in [5, 5.41) is 36.4. The molecule has 3 aliphatic rings. The first-order valence-corrected chi connectivity index (χ1v) is 15.9. The fourth-order valence-electron chi connectivity index (χ4n) is 4.69. The Balaban J connectivity index is 0.000000890. The number of aliphatic hydroxyl groups is 4. The van der Waals surface area contributed by atoms with E-state index < -0.39 is 47.6 Å². The Morgan fingerprint density at radius 1 is 0.771 bits per heavy atom. The molecule has 204 valence electrons. The Bertz CT molecular complexity index is 599. The van der Waals surface area contributed by atoms with Crippen molar-refractivity contribution >= 4 is 17.1 Å². The van der Waals surface area contributed by atoms with Crippen molar-refractivity contribution in [2.75, 3.05) is 13.2 Å². The Morgan fingerprint density at radius 3 is 1.63 bits per heavy atom. The van der Waals surface area contributed by atoms with Gasteiger partial charge in [-0.3, -0.25) is 0 Å². The zero-order valence-electron chi connectivity index (χ0n) is 22.2. The topological polar surface area (TPSA) is 127 Å². The third kappa shape index (κ3) is 8.34. The summed E-state index contributed by atoms with van der Waals surface area (Å²) in [6, 6.07) is 0. The summed E-state index contributed by atoms with van der Waals surface area (Å²) in [6.07, 6.45) is -3.96. The molecule has 3 rings (SSSR count). The van der Waals surface area contributed by atoms with Crippen molar-refractivity contribution in [3.05, 3.63) is 13.2 Å². The van der Waals surface area contributed by atoms with Gasteiger partial charge in [-0.25, -0.2) is 0 Å². The van der Waals surface area contributed by atoms with Gasteiger partial charge in [-0.1, -0.05) is 55.4 Å². The van der Waals surface area contributed by atoms with Crippen molar-refractivity contribution in [1.82, 2.24) is 0 Å². The van der Waals surface area contributed by atoms with Gasteiger partial charge in [-0.2, -0.15) is 13.2 Å². The van der Waals surface area contributed by atoms with Crippen LogP contribution in [-0.2, 0) is 22.4 Å². The van der Waals surface area contributed by atoms with Gasteiger partial charge in [0.15, 0.2) is 0 Å². The molecule has 3 aliphatic heterocycles. The number of hydrogen-bond acceptors (Lipinski definition) is 9. The Labute approximate surface area is 260 Å². The molecule has 13 heteroatoms. The van der Waals surface area contributed by atoms with Gasteiger partial charge in [0.25, 0.3) is 0 Å². The molecule has 0 saturated carbocycles. The summed E-state index contributed by atoms with van der Waals surface area (Å²) in [5.41, 5.74) is 1.16. The Kier molecular flexibility index (Phi) is 16.8. The molecule has 0 spiro atoms. The van der Waals surface area contributed by atoms with Gasteiger partial charge in [0.2, 0.25) is 0 Å². The second-order valence-corrected chi connectivity index (χ2v) is 19.2. The first-order valence-electron chi connectivity index (χ1n) is 12.0. The van der Waals surface area contributed by atoms with Crippen LogP contribution < -0.4 is 0 Å². The van der Waals surface area contributed by atoms with E-state index in [9.17, 15) is 5.11 Å². The zero-order valence-corrected chi connectivity index (χ0v) is 32.5. The molecular formula is C22H44O9Si2U2-2. The first-order chi connectivity index (χ1) is 15.3. The number of hydrogen-bond donors (Lipinski definition) is 4. The number of fused-ring (bicyclic) bond motifs is 1. The van der Waals surface area contributed by atoms with Crippen molar-refractivity contribution in [2.24, 2.45) is 0 Å². The van der Waals surface area contributed by atoms with E-state index in [0.29, 0.717) is 17.7 Å². The van der Waals surface area contributed by atoms with Gasteiger partial charge in [0.05, 0.1) is 37.6 Å². The third-order valence-corrected chi connectivity index (χ3v) is 17.0. The molecule has 6 unspecified atom stereocenters. The van der Waals surface area contributed by atoms with Crippen LogP contribution in [0.3, 0.4) is 0 Å². The molecule has 3 saturated heterocycles. The fourth-order valence-corrected chi connectivity index (χ4v) is 15.9. The quantitative estimate of drug-likeness (QED) is 0.243. The molecule has 35 heavy (non-hydrogen) atoms. The zero-order chi connectivity index (χ0) is 25.1. The molecule has 0 aliphatic carbocycles. The van der Waals surface area contributed by atoms with Crippen LogP contribution in [0, 0.1) is 75.4 Å². The van der Waals surface area contributed by atoms with Crippen molar-refractivity contribution in [3.63, 3.8) is 0 Å². The molecule has 3 heterocycles. The maximum Gasteiger partial charge on any atom is 0.335 e. The summed E-state index contributed by atoms with van der Waals surface area (Å²) >= 11 is 0. The maximum absolute atomic E-state index is 10.3. The summed E-state index contributed by atoms with van der Waals surface area (Å²) < 4.78 is 30.5. The van der Waals surface area contributed by atoms with E-state index in [-0.39, 0.29) is 86.0 Å². The van der Waals surface area contributed by atoms with Gasteiger partial charge >= 0.3 is 17.1 Å². The number of aliphatic hydroxyl groups excluding tert-OH is 4. The van der Waals surface area contributed by atoms with Crippen LogP contribution in [0.1, 0.15) is 55.4 Å². The molecule has 4 N–H and O–H groups in total. The van der Waals surface area contributed by atoms with Gasteiger partial charge in [-0.05, 0) is 34.4 Å². The van der Waals surface area contributed by atoms with Gasteiger partial charge in [-0.15, -0.1) is 0 Å². The van der Waals surface area contributed by atoms with Gasteiger partial charge in [0, 0.05) is 62.2 Å². The summed E-state index contributed by atoms with van der Waals surface area (Å²) in [4.78, 5) is 0. The van der Waals surface area contributed by atoms with Crippen molar-refractivity contribution in [1.29, 1.82) is 0 Å². The minimum absolute atomic E-state index is 0. The SMILES string of the molecule is CC(C)[Si]1(C(C)C)OCC2O[CH-]C(O)C2O[Si](C(C)C)(C(C)C)O1.OCC1O[CH-]C(O)C1O.[U].[U]. The van der Waals surface area contributed by atoms with E-state index in [1.54, 1.807) is 0 Å². The van der Waals surface area contributed by atoms with Crippen LogP contribution in [0.4, 0.5) is 0 Å². The second kappa shape index (κ2) is 15.8. The van der Waals surface area contributed by atoms with E-state index in [4.69, 9.17) is 33.0 Å². The Morgan fingerprint density at radius 2 is 1.26 bits per heavy atom. The van der Waals surface area contributed by atoms with Crippen molar-refractivity contribution in [3.8, 4) is 0 Å². The fraction of sp³-hybridized carbons (Fsp3) is 0.909. The monoisotopic (exact) mass is 984 g/mol. The minimum Gasteiger partial charge on any atom is -0.544 e. The minimum atomic E-state index is -2.63. The van der Waals surface area contributed by atoms with Gasteiger partial charge in [0.1, 0.15) is 0 Å². The predicted molar refractivity (Wildman–Crippen MR) is 127 cm³/mol. The molecule has 0 aromatic heterocycles. The third-order valence-electron chi connectivity index (χ3n) is 6.73. The standard InChI is InChI=1S/C17H35O5Si2.C5H9O4.2U/c1-11(2)23(12(3)4)20-10-16-17(15(18)9-19-16)21-24(22-23,13(5)6)14(7)8;6-1-4-5(8)3(7)2-9-4;;/h9,11-18H,10H2,1-8H3;2-8H,1H2;;/q2*-1;;. The maximum atomic E-state index is 10.3. The van der Waals surface area contributed by atoms with E-state index in [1.165, 1.54) is 6.61 Å². The molecule has 0 bridgehead atoms. The van der Waals surface area contributed by atoms with Gasteiger partial charge < -0.3 is 42.9 Å². The normalized spacial score (nSPS) is 33.9. The van der Waals surface area contributed by atoms with E-state index >= 15 is 0 Å². The largest absolute Gasteiger partial charge is 0.544 e. The smallest absolute Gasteiger partial charge is 0.335 e. The molecule has 0 radical (unpaired) electrons. The molecule has 0 aromatic rings. The summed E-state index contributed by atoms with van der Waals surface area (Å²) in [6.45, 7) is 20.2. The van der Waals surface area contributed by atoms with E-state index in [0.717, 1.165) is 6.61 Å². The van der Waals surface area contributed by atoms with Crippen molar-refractivity contribution in [2.45, 2.75) is 114 Å². The average molecular weight is 985 g/mol. The molecule has 0 amide bonds. The van der Waals surface area contributed by atoms with Crippen LogP contribution in [0.5, 0.6) is 0 Å². The molecule has 6 atom stereocenters. The molecule has 3 fully saturated rings. The van der Waals surface area contributed by atoms with Crippen LogP contribution in [-0.4, -0.2) is 87.4 Å². The molecule has 9 nitrogen and oxygen atoms in total. The summed E-state index contributed by atoms with van der Waals surface area (Å²) in [7, 11) is -5.13. The number of rotatable bonds is 5. The van der Waals surface area contributed by atoms with Crippen LogP contribution in [0.25, 0.3) is 0 Å². The molecule has 0 aromatic carbocycles. The second-order valence-electron chi connectivity index (χ2n) is 10.3. The average Bonchev–Trinajstić information content (AvgIpc) is 3.22. The van der Waals surface area contributed by atoms with Crippen LogP contribution in [0.15, 0.2) is 0 Å². The van der Waals surface area contributed by atoms with E-state index in [2.05, 4.69) is 60.1 Å².